The summed E-state index contributed by atoms with van der Waals surface area (Å²) < 4.78 is 5.87. The molecule has 144 valence electrons. The van der Waals surface area contributed by atoms with Gasteiger partial charge < -0.3 is 10.5 Å². The second-order valence-corrected chi connectivity index (χ2v) is 7.40. The van der Waals surface area contributed by atoms with Gasteiger partial charge in [0.2, 0.25) is 5.91 Å². The Morgan fingerprint density at radius 1 is 1.00 bits per heavy atom. The molecule has 0 aliphatic heterocycles. The Morgan fingerprint density at radius 3 is 2.43 bits per heavy atom. The van der Waals surface area contributed by atoms with E-state index in [1.54, 1.807) is 12.4 Å². The summed E-state index contributed by atoms with van der Waals surface area (Å²) in [5.41, 5.74) is 10.3. The molecule has 0 fully saturated rings. The first-order valence-corrected chi connectivity index (χ1v) is 9.52. The van der Waals surface area contributed by atoms with Crippen molar-refractivity contribution in [3.8, 4) is 16.9 Å². The zero-order chi connectivity index (χ0) is 20.1. The van der Waals surface area contributed by atoms with Crippen molar-refractivity contribution >= 4 is 5.91 Å². The summed E-state index contributed by atoms with van der Waals surface area (Å²) in [6.45, 7) is 6.99. The Kier molecular flexibility index (Phi) is 6.09. The molecule has 3 aromatic rings. The Balaban J connectivity index is 1.99. The maximum atomic E-state index is 12.0. The first kappa shape index (κ1) is 19.6. The molecule has 0 spiro atoms. The van der Waals surface area contributed by atoms with Crippen LogP contribution in [0.25, 0.3) is 11.1 Å². The van der Waals surface area contributed by atoms with E-state index in [9.17, 15) is 4.79 Å². The summed E-state index contributed by atoms with van der Waals surface area (Å²) in [4.78, 5) is 16.1. The van der Waals surface area contributed by atoms with Crippen molar-refractivity contribution in [1.82, 2.24) is 4.98 Å². The number of amides is 1. The predicted octanol–water partition coefficient (Wildman–Crippen LogP) is 5.03. The standard InChI is InChI=1S/C24H26N2O2/c1-16(2)15-28-21-6-4-5-19(13-21)17(3)23-14-20(7-8-22(23)24(25)27)18-9-11-26-12-10-18/h4-14,16-17H,15H2,1-3H3,(H2,25,27). The van der Waals surface area contributed by atoms with Gasteiger partial charge in [-0.25, -0.2) is 0 Å². The third-order valence-corrected chi connectivity index (χ3v) is 4.74. The van der Waals surface area contributed by atoms with Crippen LogP contribution in [0.15, 0.2) is 67.0 Å². The average molecular weight is 374 g/mol. The molecule has 0 saturated carbocycles. The van der Waals surface area contributed by atoms with Crippen molar-refractivity contribution in [2.45, 2.75) is 26.7 Å². The van der Waals surface area contributed by atoms with Gasteiger partial charge in [0, 0.05) is 23.9 Å². The Morgan fingerprint density at radius 2 is 1.75 bits per heavy atom. The first-order valence-electron chi connectivity index (χ1n) is 9.52. The Labute approximate surface area is 166 Å². The van der Waals surface area contributed by atoms with Crippen LogP contribution in [-0.4, -0.2) is 17.5 Å². The lowest BCUT2D eigenvalue weighted by atomic mass is 9.87. The van der Waals surface area contributed by atoms with Gasteiger partial charge in [-0.1, -0.05) is 39.0 Å². The van der Waals surface area contributed by atoms with E-state index in [-0.39, 0.29) is 5.92 Å². The number of nitrogens with two attached hydrogens (primary N) is 1. The predicted molar refractivity (Wildman–Crippen MR) is 112 cm³/mol. The number of pyridine rings is 1. The number of hydrogen-bond acceptors (Lipinski definition) is 3. The Bertz CT molecular complexity index is 952. The number of ether oxygens (including phenoxy) is 1. The molecule has 4 heteroatoms. The van der Waals surface area contributed by atoms with Gasteiger partial charge in [-0.2, -0.15) is 0 Å². The van der Waals surface area contributed by atoms with Gasteiger partial charge in [0.15, 0.2) is 0 Å². The second kappa shape index (κ2) is 8.70. The smallest absolute Gasteiger partial charge is 0.248 e. The van der Waals surface area contributed by atoms with Gasteiger partial charge in [-0.15, -0.1) is 0 Å². The lowest BCUT2D eigenvalue weighted by Gasteiger charge is -2.18. The lowest BCUT2D eigenvalue weighted by Crippen LogP contribution is -2.15. The van der Waals surface area contributed by atoms with Crippen LogP contribution in [0.5, 0.6) is 5.75 Å². The largest absolute Gasteiger partial charge is 0.493 e. The van der Waals surface area contributed by atoms with Crippen LogP contribution in [0.1, 0.15) is 48.2 Å². The van der Waals surface area contributed by atoms with E-state index >= 15 is 0 Å². The third kappa shape index (κ3) is 4.58. The summed E-state index contributed by atoms with van der Waals surface area (Å²) in [5.74, 6) is 0.866. The topological polar surface area (TPSA) is 65.2 Å². The van der Waals surface area contributed by atoms with E-state index in [1.165, 1.54) is 0 Å². The van der Waals surface area contributed by atoms with Crippen LogP contribution in [0.4, 0.5) is 0 Å². The SMILES string of the molecule is CC(C)COc1cccc(C(C)c2cc(-c3ccncc3)ccc2C(N)=O)c1. The molecule has 0 bridgehead atoms. The molecule has 0 radical (unpaired) electrons. The minimum atomic E-state index is -0.421. The molecule has 1 atom stereocenters. The zero-order valence-corrected chi connectivity index (χ0v) is 16.6. The van der Waals surface area contributed by atoms with Gasteiger partial charge in [-0.3, -0.25) is 9.78 Å². The molecule has 1 unspecified atom stereocenters. The summed E-state index contributed by atoms with van der Waals surface area (Å²) >= 11 is 0. The molecular weight excluding hydrogens is 348 g/mol. The van der Waals surface area contributed by atoms with Crippen molar-refractivity contribution in [2.75, 3.05) is 6.61 Å². The molecule has 0 aliphatic rings. The quantitative estimate of drug-likeness (QED) is 0.630. The number of aromatic nitrogens is 1. The highest BCUT2D eigenvalue weighted by Gasteiger charge is 2.18. The molecule has 1 heterocycles. The summed E-state index contributed by atoms with van der Waals surface area (Å²) in [5, 5.41) is 0. The fraction of sp³-hybridized carbons (Fsp3) is 0.250. The van der Waals surface area contributed by atoms with Gasteiger partial charge in [0.05, 0.1) is 6.61 Å². The van der Waals surface area contributed by atoms with E-state index in [4.69, 9.17) is 10.5 Å². The molecule has 1 aromatic heterocycles. The minimum absolute atomic E-state index is 0.00751. The van der Waals surface area contributed by atoms with E-state index in [0.717, 1.165) is 28.0 Å². The number of carbonyl (C=O) groups is 1. The molecule has 0 aliphatic carbocycles. The monoisotopic (exact) mass is 374 g/mol. The van der Waals surface area contributed by atoms with Crippen molar-refractivity contribution in [3.63, 3.8) is 0 Å². The zero-order valence-electron chi connectivity index (χ0n) is 16.6. The number of benzene rings is 2. The molecule has 2 aromatic carbocycles. The second-order valence-electron chi connectivity index (χ2n) is 7.40. The Hall–Kier alpha value is -3.14. The molecular formula is C24H26N2O2. The number of hydrogen-bond donors (Lipinski definition) is 1. The number of nitrogens with zero attached hydrogens (tertiary/aromatic N) is 1. The van der Waals surface area contributed by atoms with E-state index < -0.39 is 5.91 Å². The molecule has 28 heavy (non-hydrogen) atoms. The van der Waals surface area contributed by atoms with Gasteiger partial charge in [0.1, 0.15) is 5.75 Å². The fourth-order valence-electron chi connectivity index (χ4n) is 3.19. The summed E-state index contributed by atoms with van der Waals surface area (Å²) in [6.07, 6.45) is 3.52. The number of carbonyl (C=O) groups excluding carboxylic acids is 1. The highest BCUT2D eigenvalue weighted by Crippen LogP contribution is 2.32. The van der Waals surface area contributed by atoms with Crippen LogP contribution in [0.3, 0.4) is 0 Å². The minimum Gasteiger partial charge on any atom is -0.493 e. The number of rotatable bonds is 7. The van der Waals surface area contributed by atoms with E-state index in [2.05, 4.69) is 31.8 Å². The summed E-state index contributed by atoms with van der Waals surface area (Å²) in [7, 11) is 0. The molecule has 0 saturated heterocycles. The maximum Gasteiger partial charge on any atom is 0.248 e. The van der Waals surface area contributed by atoms with Crippen LogP contribution < -0.4 is 10.5 Å². The van der Waals surface area contributed by atoms with Gasteiger partial charge in [-0.05, 0) is 64.6 Å². The van der Waals surface area contributed by atoms with Crippen LogP contribution in [0, 0.1) is 5.92 Å². The summed E-state index contributed by atoms with van der Waals surface area (Å²) in [6, 6.07) is 17.7. The fourth-order valence-corrected chi connectivity index (χ4v) is 3.19. The maximum absolute atomic E-state index is 12.0. The van der Waals surface area contributed by atoms with Crippen LogP contribution in [-0.2, 0) is 0 Å². The normalized spacial score (nSPS) is 12.0. The van der Waals surface area contributed by atoms with Crippen molar-refractivity contribution < 1.29 is 9.53 Å². The molecule has 3 rings (SSSR count). The van der Waals surface area contributed by atoms with Crippen LogP contribution in [0.2, 0.25) is 0 Å². The van der Waals surface area contributed by atoms with Gasteiger partial charge in [0.25, 0.3) is 0 Å². The highest BCUT2D eigenvalue weighted by molar-refractivity contribution is 5.95. The van der Waals surface area contributed by atoms with E-state index in [1.807, 2.05) is 48.5 Å². The van der Waals surface area contributed by atoms with Crippen molar-refractivity contribution in [3.05, 3.63) is 83.7 Å². The third-order valence-electron chi connectivity index (χ3n) is 4.74. The number of primary amides is 1. The van der Waals surface area contributed by atoms with Crippen molar-refractivity contribution in [1.29, 1.82) is 0 Å². The first-order chi connectivity index (χ1) is 13.5. The lowest BCUT2D eigenvalue weighted by molar-refractivity contribution is 0.0999. The van der Waals surface area contributed by atoms with Crippen LogP contribution >= 0.6 is 0 Å². The van der Waals surface area contributed by atoms with Gasteiger partial charge >= 0.3 is 0 Å². The molecule has 4 nitrogen and oxygen atoms in total. The highest BCUT2D eigenvalue weighted by atomic mass is 16.5. The van der Waals surface area contributed by atoms with E-state index in [0.29, 0.717) is 18.1 Å². The van der Waals surface area contributed by atoms with Crippen molar-refractivity contribution in [2.24, 2.45) is 11.7 Å². The molecule has 1 amide bonds. The average Bonchev–Trinajstić information content (AvgIpc) is 2.72. The molecule has 2 N–H and O–H groups in total.